The van der Waals surface area contributed by atoms with Gasteiger partial charge in [0.2, 0.25) is 0 Å². The fourth-order valence-corrected chi connectivity index (χ4v) is 7.76. The number of rotatable bonds is 49. The van der Waals surface area contributed by atoms with Gasteiger partial charge in [-0.25, -0.2) is 4.57 Å². The average Bonchev–Trinajstić information content (AvgIpc) is 3.29. The van der Waals surface area contributed by atoms with Gasteiger partial charge in [0, 0.05) is 19.6 Å². The van der Waals surface area contributed by atoms with Crippen molar-refractivity contribution in [1.82, 2.24) is 0 Å². The van der Waals surface area contributed by atoms with E-state index in [0.717, 1.165) is 70.6 Å². The SMILES string of the molecule is CC/C=C\C/C=C\C/C=C\C/C=C\C/C=C\CCCCCCCCCCCCOCC(COP(=O)(O)OCCN)OC(=O)CCCCCCCCCCC/C=C\C/C=C\CCCCC. The average molecular weight is 916 g/mol. The summed E-state index contributed by atoms with van der Waals surface area (Å²) in [6, 6.07) is 0. The zero-order valence-corrected chi connectivity index (χ0v) is 42.1. The lowest BCUT2D eigenvalue weighted by Crippen LogP contribution is -2.28. The van der Waals surface area contributed by atoms with Gasteiger partial charge >= 0.3 is 13.8 Å². The lowest BCUT2D eigenvalue weighted by molar-refractivity contribution is -0.154. The number of phosphoric ester groups is 1. The molecule has 0 radical (unpaired) electrons. The molecule has 0 fully saturated rings. The van der Waals surface area contributed by atoms with E-state index < -0.39 is 13.9 Å². The summed E-state index contributed by atoms with van der Waals surface area (Å²) in [4.78, 5) is 22.6. The van der Waals surface area contributed by atoms with Crippen LogP contribution in [0.3, 0.4) is 0 Å². The van der Waals surface area contributed by atoms with E-state index >= 15 is 0 Å². The van der Waals surface area contributed by atoms with Crippen LogP contribution < -0.4 is 5.73 Å². The Morgan fingerprint density at radius 1 is 0.484 bits per heavy atom. The van der Waals surface area contributed by atoms with Gasteiger partial charge in [-0.05, 0) is 89.9 Å². The Labute approximate surface area is 394 Å². The minimum atomic E-state index is -4.29. The molecule has 0 aromatic carbocycles. The summed E-state index contributed by atoms with van der Waals surface area (Å²) in [5.41, 5.74) is 5.39. The quantitative estimate of drug-likeness (QED) is 0.0268. The van der Waals surface area contributed by atoms with Crippen molar-refractivity contribution in [3.63, 3.8) is 0 Å². The zero-order chi connectivity index (χ0) is 46.5. The van der Waals surface area contributed by atoms with Gasteiger partial charge in [0.05, 0.1) is 19.8 Å². The second-order valence-electron chi connectivity index (χ2n) is 17.0. The number of nitrogens with two attached hydrogens (primary N) is 1. The van der Waals surface area contributed by atoms with Crippen LogP contribution in [-0.4, -0.2) is 49.9 Å². The first-order chi connectivity index (χ1) is 31.4. The molecule has 370 valence electrons. The molecular formula is C55H98NO7P. The number of phosphoric acid groups is 1. The van der Waals surface area contributed by atoms with Crippen molar-refractivity contribution in [3.05, 3.63) is 85.1 Å². The van der Waals surface area contributed by atoms with Crippen molar-refractivity contribution >= 4 is 13.8 Å². The van der Waals surface area contributed by atoms with Crippen LogP contribution in [0, 0.1) is 0 Å². The van der Waals surface area contributed by atoms with Crippen LogP contribution in [0.15, 0.2) is 85.1 Å². The van der Waals surface area contributed by atoms with Gasteiger partial charge in [-0.1, -0.05) is 208 Å². The highest BCUT2D eigenvalue weighted by Gasteiger charge is 2.25. The summed E-state index contributed by atoms with van der Waals surface area (Å²) in [5, 5.41) is 0. The van der Waals surface area contributed by atoms with Crippen molar-refractivity contribution in [2.24, 2.45) is 5.73 Å². The monoisotopic (exact) mass is 916 g/mol. The van der Waals surface area contributed by atoms with Gasteiger partial charge in [-0.2, -0.15) is 0 Å². The third-order valence-corrected chi connectivity index (χ3v) is 11.8. The maximum absolute atomic E-state index is 12.7. The van der Waals surface area contributed by atoms with Crippen molar-refractivity contribution < 1.29 is 32.8 Å². The highest BCUT2D eigenvalue weighted by Crippen LogP contribution is 2.43. The van der Waals surface area contributed by atoms with Gasteiger partial charge < -0.3 is 20.1 Å². The third kappa shape index (κ3) is 50.7. The molecule has 2 unspecified atom stereocenters. The first-order valence-corrected chi connectivity index (χ1v) is 27.6. The Bertz CT molecular complexity index is 1260. The number of hydrogen-bond donors (Lipinski definition) is 2. The Morgan fingerprint density at radius 3 is 1.31 bits per heavy atom. The van der Waals surface area contributed by atoms with Crippen LogP contribution >= 0.6 is 7.82 Å². The number of carbonyl (C=O) groups is 1. The van der Waals surface area contributed by atoms with Crippen molar-refractivity contribution in [1.29, 1.82) is 0 Å². The highest BCUT2D eigenvalue weighted by atomic mass is 31.2. The lowest BCUT2D eigenvalue weighted by Gasteiger charge is -2.20. The number of unbranched alkanes of at least 4 members (excludes halogenated alkanes) is 22. The molecule has 0 saturated carbocycles. The van der Waals surface area contributed by atoms with E-state index in [0.29, 0.717) is 13.0 Å². The van der Waals surface area contributed by atoms with Gasteiger partial charge in [0.15, 0.2) is 0 Å². The normalized spacial score (nSPS) is 14.0. The van der Waals surface area contributed by atoms with Crippen LogP contribution in [0.1, 0.15) is 219 Å². The molecule has 3 N–H and O–H groups in total. The summed E-state index contributed by atoms with van der Waals surface area (Å²) in [6.45, 7) is 4.77. The lowest BCUT2D eigenvalue weighted by atomic mass is 10.1. The first kappa shape index (κ1) is 61.7. The Balaban J connectivity index is 3.96. The summed E-state index contributed by atoms with van der Waals surface area (Å²) < 4.78 is 33.6. The molecule has 0 bridgehead atoms. The summed E-state index contributed by atoms with van der Waals surface area (Å²) in [7, 11) is -4.29. The van der Waals surface area contributed by atoms with Crippen LogP contribution in [0.25, 0.3) is 0 Å². The van der Waals surface area contributed by atoms with Gasteiger partial charge in [-0.3, -0.25) is 13.8 Å². The molecule has 0 rings (SSSR count). The predicted octanol–water partition coefficient (Wildman–Crippen LogP) is 16.4. The minimum absolute atomic E-state index is 0.0952. The van der Waals surface area contributed by atoms with E-state index in [1.807, 2.05) is 0 Å². The molecule has 8 nitrogen and oxygen atoms in total. The molecule has 2 atom stereocenters. The molecule has 64 heavy (non-hydrogen) atoms. The molecule has 0 saturated heterocycles. The maximum atomic E-state index is 12.7. The van der Waals surface area contributed by atoms with Gasteiger partial charge in [0.1, 0.15) is 6.10 Å². The third-order valence-electron chi connectivity index (χ3n) is 10.8. The number of hydrogen-bond acceptors (Lipinski definition) is 7. The molecule has 0 aliphatic heterocycles. The molecule has 9 heteroatoms. The Morgan fingerprint density at radius 2 is 0.875 bits per heavy atom. The largest absolute Gasteiger partial charge is 0.472 e. The van der Waals surface area contributed by atoms with E-state index in [2.05, 4.69) is 98.9 Å². The summed E-state index contributed by atoms with van der Waals surface area (Å²) in [6.07, 6.45) is 67.6. The highest BCUT2D eigenvalue weighted by molar-refractivity contribution is 7.47. The first-order valence-electron chi connectivity index (χ1n) is 26.1. The topological polar surface area (TPSA) is 117 Å². The number of ether oxygens (including phenoxy) is 2. The fourth-order valence-electron chi connectivity index (χ4n) is 7.00. The fraction of sp³-hybridized carbons (Fsp3) is 0.727. The smallest absolute Gasteiger partial charge is 0.457 e. The minimum Gasteiger partial charge on any atom is -0.457 e. The summed E-state index contributed by atoms with van der Waals surface area (Å²) in [5.74, 6) is -0.338. The molecule has 0 aromatic heterocycles. The maximum Gasteiger partial charge on any atom is 0.472 e. The number of allylic oxidation sites excluding steroid dienone is 14. The number of esters is 1. The van der Waals surface area contributed by atoms with E-state index in [4.69, 9.17) is 24.3 Å². The van der Waals surface area contributed by atoms with E-state index in [1.54, 1.807) is 0 Å². The standard InChI is InChI=1S/C55H98NO7P/c1-3-5-7-9-11-13-15-17-19-21-23-24-25-26-27-28-29-31-33-35-37-39-41-43-45-47-50-60-52-54(53-62-64(58,59)61-51-49-56)63-55(57)48-46-44-42-40-38-36-34-32-30-22-20-18-16-14-12-10-8-6-4-2/h5,7,11-14,17-20,23-24,26-27,54H,3-4,6,8-10,15-16,21-22,25,28-53,56H2,1-2H3,(H,58,59)/b7-5-,13-11-,14-12-,19-17-,20-18-,24-23-,27-26-. The molecule has 0 spiro atoms. The zero-order valence-electron chi connectivity index (χ0n) is 41.2. The van der Waals surface area contributed by atoms with Crippen LogP contribution in [0.5, 0.6) is 0 Å². The van der Waals surface area contributed by atoms with Crippen LogP contribution in [0.2, 0.25) is 0 Å². The molecule has 0 aliphatic carbocycles. The van der Waals surface area contributed by atoms with Crippen LogP contribution in [-0.2, 0) is 27.9 Å². The van der Waals surface area contributed by atoms with Crippen molar-refractivity contribution in [2.75, 3.05) is 33.0 Å². The van der Waals surface area contributed by atoms with Gasteiger partial charge in [0.25, 0.3) is 0 Å². The van der Waals surface area contributed by atoms with E-state index in [9.17, 15) is 14.3 Å². The van der Waals surface area contributed by atoms with E-state index in [1.165, 1.54) is 128 Å². The van der Waals surface area contributed by atoms with Gasteiger partial charge in [-0.15, -0.1) is 0 Å². The predicted molar refractivity (Wildman–Crippen MR) is 275 cm³/mol. The Hall–Kier alpha value is -2.32. The second-order valence-corrected chi connectivity index (χ2v) is 18.5. The molecule has 0 aliphatic rings. The second kappa shape index (κ2) is 51.7. The number of carbonyl (C=O) groups excluding carboxylic acids is 1. The van der Waals surface area contributed by atoms with Crippen molar-refractivity contribution in [2.45, 2.75) is 225 Å². The Kier molecular flexibility index (Phi) is 49.8. The van der Waals surface area contributed by atoms with Crippen molar-refractivity contribution in [3.8, 4) is 0 Å². The molecule has 0 amide bonds. The molecular weight excluding hydrogens is 818 g/mol. The van der Waals surface area contributed by atoms with E-state index in [-0.39, 0.29) is 32.3 Å². The molecule has 0 heterocycles. The molecule has 0 aromatic rings. The van der Waals surface area contributed by atoms with Crippen LogP contribution in [0.4, 0.5) is 0 Å². The summed E-state index contributed by atoms with van der Waals surface area (Å²) >= 11 is 0.